The van der Waals surface area contributed by atoms with E-state index >= 15 is 0 Å². The van der Waals surface area contributed by atoms with E-state index in [0.717, 1.165) is 11.7 Å². The summed E-state index contributed by atoms with van der Waals surface area (Å²) < 4.78 is 5.20. The van der Waals surface area contributed by atoms with Crippen molar-refractivity contribution in [1.82, 2.24) is 0 Å². The van der Waals surface area contributed by atoms with E-state index in [-0.39, 0.29) is 5.92 Å². The van der Waals surface area contributed by atoms with Crippen molar-refractivity contribution in [1.29, 1.82) is 0 Å². The monoisotopic (exact) mass is 244 g/mol. The van der Waals surface area contributed by atoms with Crippen LogP contribution in [0, 0.1) is 17.8 Å². The Morgan fingerprint density at radius 1 is 1.17 bits per heavy atom. The van der Waals surface area contributed by atoms with Crippen LogP contribution >= 0.6 is 0 Å². The predicted molar refractivity (Wildman–Crippen MR) is 70.7 cm³/mol. The molecule has 18 heavy (non-hydrogen) atoms. The van der Waals surface area contributed by atoms with Gasteiger partial charge in [0.15, 0.2) is 0 Å². The number of carbonyl (C=O) groups is 1. The van der Waals surface area contributed by atoms with E-state index in [0.29, 0.717) is 17.6 Å². The third kappa shape index (κ3) is 1.75. The summed E-state index contributed by atoms with van der Waals surface area (Å²) in [4.78, 5) is 11.9. The van der Waals surface area contributed by atoms with Crippen molar-refractivity contribution in [3.8, 4) is 5.75 Å². The number of hydrogen-bond acceptors (Lipinski definition) is 2. The maximum Gasteiger partial charge on any atom is 0.133 e. The molecule has 2 aliphatic carbocycles. The lowest BCUT2D eigenvalue weighted by Crippen LogP contribution is -2.26. The fraction of sp³-hybridized carbons (Fsp3) is 0.562. The number of fused-ring (bicyclic) bond motifs is 2. The zero-order valence-corrected chi connectivity index (χ0v) is 11.1. The summed E-state index contributed by atoms with van der Waals surface area (Å²) in [6.45, 7) is 1.77. The smallest absolute Gasteiger partial charge is 0.133 e. The molecule has 0 aromatic heterocycles. The molecule has 0 heterocycles. The number of ether oxygens (including phenoxy) is 1. The lowest BCUT2D eigenvalue weighted by Gasteiger charge is -2.29. The number of rotatable bonds is 3. The number of ketones is 1. The molecule has 2 bridgehead atoms. The Morgan fingerprint density at radius 3 is 2.44 bits per heavy atom. The highest BCUT2D eigenvalue weighted by molar-refractivity contribution is 5.80. The minimum absolute atomic E-state index is 0.261. The molecule has 2 aliphatic rings. The highest BCUT2D eigenvalue weighted by Gasteiger charge is 2.49. The van der Waals surface area contributed by atoms with Gasteiger partial charge in [-0.1, -0.05) is 12.1 Å². The predicted octanol–water partition coefficient (Wildman–Crippen LogP) is 3.41. The quantitative estimate of drug-likeness (QED) is 0.814. The van der Waals surface area contributed by atoms with Gasteiger partial charge in [0.25, 0.3) is 0 Å². The first-order valence-corrected chi connectivity index (χ1v) is 6.85. The van der Waals surface area contributed by atoms with Gasteiger partial charge in [0.05, 0.1) is 7.11 Å². The molecular weight excluding hydrogens is 224 g/mol. The second-order valence-electron chi connectivity index (χ2n) is 5.77. The Hall–Kier alpha value is -1.31. The molecule has 4 atom stereocenters. The van der Waals surface area contributed by atoms with Crippen LogP contribution < -0.4 is 4.74 Å². The van der Waals surface area contributed by atoms with Gasteiger partial charge in [0.2, 0.25) is 0 Å². The van der Waals surface area contributed by atoms with E-state index in [4.69, 9.17) is 4.74 Å². The van der Waals surface area contributed by atoms with Crippen LogP contribution in [0.2, 0.25) is 0 Å². The molecule has 2 saturated carbocycles. The van der Waals surface area contributed by atoms with Gasteiger partial charge < -0.3 is 4.74 Å². The molecule has 4 unspecified atom stereocenters. The number of benzene rings is 1. The summed E-state index contributed by atoms with van der Waals surface area (Å²) in [7, 11) is 1.69. The van der Waals surface area contributed by atoms with Crippen LogP contribution in [0.3, 0.4) is 0 Å². The third-order valence-corrected chi connectivity index (χ3v) is 4.89. The minimum atomic E-state index is 0.261. The number of Topliss-reactive ketones (excluding diaryl/α,β-unsaturated/α-hetero) is 1. The van der Waals surface area contributed by atoms with Crippen molar-refractivity contribution >= 4 is 5.78 Å². The van der Waals surface area contributed by atoms with Gasteiger partial charge in [-0.15, -0.1) is 0 Å². The fourth-order valence-electron chi connectivity index (χ4n) is 4.18. The van der Waals surface area contributed by atoms with Gasteiger partial charge in [0.1, 0.15) is 11.5 Å². The van der Waals surface area contributed by atoms with Gasteiger partial charge in [-0.2, -0.15) is 0 Å². The van der Waals surface area contributed by atoms with Crippen LogP contribution in [-0.4, -0.2) is 12.9 Å². The lowest BCUT2D eigenvalue weighted by molar-refractivity contribution is -0.122. The Balaban J connectivity index is 1.91. The maximum atomic E-state index is 11.9. The number of methoxy groups -OCH3 is 1. The summed E-state index contributed by atoms with van der Waals surface area (Å²) in [5.41, 5.74) is 1.32. The fourth-order valence-corrected chi connectivity index (χ4v) is 4.18. The van der Waals surface area contributed by atoms with Crippen molar-refractivity contribution < 1.29 is 9.53 Å². The minimum Gasteiger partial charge on any atom is -0.497 e. The Morgan fingerprint density at radius 2 is 1.83 bits per heavy atom. The molecule has 0 aliphatic heterocycles. The summed E-state index contributed by atoms with van der Waals surface area (Å²) in [5, 5.41) is 0. The topological polar surface area (TPSA) is 26.3 Å². The van der Waals surface area contributed by atoms with E-state index in [1.54, 1.807) is 14.0 Å². The molecule has 3 rings (SSSR count). The van der Waals surface area contributed by atoms with Gasteiger partial charge >= 0.3 is 0 Å². The largest absolute Gasteiger partial charge is 0.497 e. The van der Waals surface area contributed by atoms with E-state index < -0.39 is 0 Å². The first-order valence-electron chi connectivity index (χ1n) is 6.85. The van der Waals surface area contributed by atoms with Crippen LogP contribution in [0.4, 0.5) is 0 Å². The second kappa shape index (κ2) is 4.42. The maximum absolute atomic E-state index is 11.9. The van der Waals surface area contributed by atoms with Crippen LogP contribution in [0.5, 0.6) is 5.75 Å². The number of carbonyl (C=O) groups excluding carboxylic acids is 1. The van der Waals surface area contributed by atoms with Gasteiger partial charge in [-0.3, -0.25) is 4.79 Å². The summed E-state index contributed by atoms with van der Waals surface area (Å²) in [5.74, 6) is 3.34. The molecule has 1 aromatic rings. The molecule has 0 N–H and O–H groups in total. The van der Waals surface area contributed by atoms with E-state index in [1.807, 2.05) is 12.1 Å². The van der Waals surface area contributed by atoms with Gasteiger partial charge in [-0.25, -0.2) is 0 Å². The van der Waals surface area contributed by atoms with Crippen LogP contribution in [0.1, 0.15) is 37.7 Å². The first kappa shape index (κ1) is 11.8. The molecule has 0 amide bonds. The zero-order chi connectivity index (χ0) is 12.7. The average molecular weight is 244 g/mol. The van der Waals surface area contributed by atoms with Crippen molar-refractivity contribution in [3.63, 3.8) is 0 Å². The van der Waals surface area contributed by atoms with Crippen LogP contribution in [0.15, 0.2) is 24.3 Å². The zero-order valence-electron chi connectivity index (χ0n) is 11.1. The molecular formula is C16H20O2. The van der Waals surface area contributed by atoms with Crippen molar-refractivity contribution in [2.24, 2.45) is 17.8 Å². The summed E-state index contributed by atoms with van der Waals surface area (Å²) >= 11 is 0. The Kier molecular flexibility index (Phi) is 2.89. The lowest BCUT2D eigenvalue weighted by atomic mass is 9.74. The molecule has 1 aromatic carbocycles. The van der Waals surface area contributed by atoms with Crippen LogP contribution in [0.25, 0.3) is 0 Å². The third-order valence-electron chi connectivity index (χ3n) is 4.89. The molecule has 96 valence electrons. The van der Waals surface area contributed by atoms with Crippen molar-refractivity contribution in [2.45, 2.75) is 32.1 Å². The normalized spacial score (nSPS) is 33.7. The second-order valence-corrected chi connectivity index (χ2v) is 5.77. The molecule has 2 fully saturated rings. The molecule has 0 spiro atoms. The van der Waals surface area contributed by atoms with Gasteiger partial charge in [-0.05, 0) is 61.6 Å². The summed E-state index contributed by atoms with van der Waals surface area (Å²) in [6.07, 6.45) is 3.80. The first-order chi connectivity index (χ1) is 8.70. The molecule has 0 saturated heterocycles. The van der Waals surface area contributed by atoms with Gasteiger partial charge in [0, 0.05) is 5.92 Å². The average Bonchev–Trinajstić information content (AvgIpc) is 2.99. The SMILES string of the molecule is COc1ccc(C2C3CCC(C3)C2C(C)=O)cc1. The Labute approximate surface area is 108 Å². The molecule has 2 heteroatoms. The van der Waals surface area contributed by atoms with E-state index in [2.05, 4.69) is 12.1 Å². The van der Waals surface area contributed by atoms with E-state index in [9.17, 15) is 4.79 Å². The van der Waals surface area contributed by atoms with Crippen molar-refractivity contribution in [3.05, 3.63) is 29.8 Å². The number of hydrogen-bond donors (Lipinski definition) is 0. The highest BCUT2D eigenvalue weighted by atomic mass is 16.5. The molecule has 0 radical (unpaired) electrons. The van der Waals surface area contributed by atoms with E-state index in [1.165, 1.54) is 24.8 Å². The van der Waals surface area contributed by atoms with Crippen LogP contribution in [-0.2, 0) is 4.79 Å². The standard InChI is InChI=1S/C16H20O2/c1-10(17)15-12-3-4-13(9-12)16(15)11-5-7-14(18-2)8-6-11/h5-8,12-13,15-16H,3-4,9H2,1-2H3. The Bertz CT molecular complexity index is 449. The summed E-state index contributed by atoms with van der Waals surface area (Å²) in [6, 6.07) is 8.30. The molecule has 2 nitrogen and oxygen atoms in total. The van der Waals surface area contributed by atoms with Crippen molar-refractivity contribution in [2.75, 3.05) is 7.11 Å². The highest BCUT2D eigenvalue weighted by Crippen LogP contribution is 2.56.